The third-order valence-corrected chi connectivity index (χ3v) is 3.51. The maximum absolute atomic E-state index is 12.2. The van der Waals surface area contributed by atoms with Gasteiger partial charge in [-0.3, -0.25) is 9.59 Å². The molecule has 20 heavy (non-hydrogen) atoms. The van der Waals surface area contributed by atoms with E-state index in [0.29, 0.717) is 44.0 Å². The molecule has 0 aliphatic carbocycles. The van der Waals surface area contributed by atoms with Gasteiger partial charge in [-0.1, -0.05) is 6.07 Å². The minimum Gasteiger partial charge on any atom is -0.508 e. The molecule has 0 radical (unpaired) electrons. The molecule has 2 amide bonds. The van der Waals surface area contributed by atoms with Crippen LogP contribution in [0.4, 0.5) is 0 Å². The third kappa shape index (κ3) is 3.42. The maximum atomic E-state index is 12.2. The summed E-state index contributed by atoms with van der Waals surface area (Å²) in [6.07, 6.45) is 0.335. The van der Waals surface area contributed by atoms with Crippen molar-refractivity contribution < 1.29 is 14.7 Å². The molecule has 1 aliphatic rings. The molecule has 1 aliphatic heterocycles. The molecular weight excluding hydrogens is 280 g/mol. The predicted molar refractivity (Wildman–Crippen MR) is 75.9 cm³/mol. The van der Waals surface area contributed by atoms with E-state index in [4.69, 9.17) is 11.6 Å². The van der Waals surface area contributed by atoms with Crippen molar-refractivity contribution in [3.63, 3.8) is 0 Å². The van der Waals surface area contributed by atoms with E-state index < -0.39 is 0 Å². The van der Waals surface area contributed by atoms with Crippen molar-refractivity contribution in [1.29, 1.82) is 0 Å². The number of nitrogens with zero attached hydrogens (tertiary/aromatic N) is 2. The second-order valence-electron chi connectivity index (χ2n) is 4.66. The lowest BCUT2D eigenvalue weighted by molar-refractivity contribution is -0.132. The molecule has 5 nitrogen and oxygen atoms in total. The number of alkyl halides is 1. The van der Waals surface area contributed by atoms with E-state index in [9.17, 15) is 14.7 Å². The Kier molecular flexibility index (Phi) is 4.84. The highest BCUT2D eigenvalue weighted by molar-refractivity contribution is 6.18. The zero-order chi connectivity index (χ0) is 14.5. The summed E-state index contributed by atoms with van der Waals surface area (Å²) in [5, 5.41) is 9.40. The molecule has 0 unspecified atom stereocenters. The van der Waals surface area contributed by atoms with Crippen molar-refractivity contribution in [3.8, 4) is 5.75 Å². The molecule has 108 valence electrons. The predicted octanol–water partition coefficient (Wildman–Crippen LogP) is 1.31. The van der Waals surface area contributed by atoms with Gasteiger partial charge < -0.3 is 14.9 Å². The number of carbonyl (C=O) groups is 2. The van der Waals surface area contributed by atoms with Crippen molar-refractivity contribution in [2.75, 3.05) is 32.1 Å². The number of halogens is 1. The molecule has 1 fully saturated rings. The van der Waals surface area contributed by atoms with Crippen molar-refractivity contribution in [3.05, 3.63) is 29.8 Å². The number of phenolic OH excluding ortho intramolecular Hbond substituents is 1. The molecule has 1 N–H and O–H groups in total. The molecule has 0 spiro atoms. The van der Waals surface area contributed by atoms with E-state index in [1.165, 1.54) is 12.1 Å². The van der Waals surface area contributed by atoms with Crippen LogP contribution >= 0.6 is 11.6 Å². The third-order valence-electron chi connectivity index (χ3n) is 3.32. The smallest absolute Gasteiger partial charge is 0.254 e. The molecule has 1 aromatic rings. The van der Waals surface area contributed by atoms with Gasteiger partial charge in [-0.05, 0) is 18.2 Å². The Hall–Kier alpha value is -1.75. The summed E-state index contributed by atoms with van der Waals surface area (Å²) in [5.41, 5.74) is 0.463. The lowest BCUT2D eigenvalue weighted by atomic mass is 10.1. The maximum Gasteiger partial charge on any atom is 0.254 e. The number of piperazine rings is 1. The van der Waals surface area contributed by atoms with Crippen molar-refractivity contribution in [1.82, 2.24) is 9.80 Å². The summed E-state index contributed by atoms with van der Waals surface area (Å²) < 4.78 is 0. The van der Waals surface area contributed by atoms with Crippen LogP contribution in [0.5, 0.6) is 5.75 Å². The number of carbonyl (C=O) groups excluding carboxylic acids is 2. The van der Waals surface area contributed by atoms with Crippen molar-refractivity contribution in [2.45, 2.75) is 6.42 Å². The van der Waals surface area contributed by atoms with Gasteiger partial charge in [0.25, 0.3) is 5.91 Å². The van der Waals surface area contributed by atoms with Gasteiger partial charge in [-0.25, -0.2) is 0 Å². The van der Waals surface area contributed by atoms with Crippen LogP contribution in [-0.2, 0) is 4.79 Å². The Morgan fingerprint density at radius 1 is 1.15 bits per heavy atom. The largest absolute Gasteiger partial charge is 0.508 e. The van der Waals surface area contributed by atoms with Gasteiger partial charge in [0.1, 0.15) is 5.75 Å². The van der Waals surface area contributed by atoms with Gasteiger partial charge in [-0.15, -0.1) is 11.6 Å². The van der Waals surface area contributed by atoms with E-state index >= 15 is 0 Å². The van der Waals surface area contributed by atoms with Gasteiger partial charge in [0.15, 0.2) is 0 Å². The molecule has 0 atom stereocenters. The number of benzene rings is 1. The normalized spacial score (nSPS) is 15.2. The first kappa shape index (κ1) is 14.7. The second-order valence-corrected chi connectivity index (χ2v) is 5.04. The Balaban J connectivity index is 1.93. The summed E-state index contributed by atoms with van der Waals surface area (Å²) in [4.78, 5) is 27.4. The molecule has 6 heteroatoms. The van der Waals surface area contributed by atoms with Gasteiger partial charge in [-0.2, -0.15) is 0 Å². The topological polar surface area (TPSA) is 60.9 Å². The van der Waals surface area contributed by atoms with Gasteiger partial charge in [0.2, 0.25) is 5.91 Å². The fraction of sp³-hybridized carbons (Fsp3) is 0.429. The highest BCUT2D eigenvalue weighted by atomic mass is 35.5. The average Bonchev–Trinajstić information content (AvgIpc) is 2.47. The molecule has 1 aromatic carbocycles. The summed E-state index contributed by atoms with van der Waals surface area (Å²) in [5.74, 6) is 0.308. The summed E-state index contributed by atoms with van der Waals surface area (Å²) in [6, 6.07) is 6.29. The van der Waals surface area contributed by atoms with E-state index in [0.717, 1.165) is 0 Å². The van der Waals surface area contributed by atoms with Crippen LogP contribution < -0.4 is 0 Å². The van der Waals surface area contributed by atoms with Crippen LogP contribution in [0.1, 0.15) is 16.8 Å². The number of amides is 2. The zero-order valence-corrected chi connectivity index (χ0v) is 11.8. The van der Waals surface area contributed by atoms with Crippen LogP contribution in [0.2, 0.25) is 0 Å². The minimum atomic E-state index is -0.120. The van der Waals surface area contributed by atoms with Crippen LogP contribution in [-0.4, -0.2) is 58.8 Å². The van der Waals surface area contributed by atoms with Crippen LogP contribution in [0.3, 0.4) is 0 Å². The minimum absolute atomic E-state index is 0.0319. The Labute approximate surface area is 122 Å². The Morgan fingerprint density at radius 2 is 1.80 bits per heavy atom. The fourth-order valence-corrected chi connectivity index (χ4v) is 2.38. The lowest BCUT2D eigenvalue weighted by Crippen LogP contribution is -2.50. The second kappa shape index (κ2) is 6.61. The first-order valence-electron chi connectivity index (χ1n) is 6.54. The molecule has 0 saturated carbocycles. The molecular formula is C14H17ClN2O3. The standard InChI is InChI=1S/C14H17ClN2O3/c15-5-4-13(19)16-6-8-17(9-7-16)14(20)11-2-1-3-12(18)10-11/h1-3,10,18H,4-9H2. The van der Waals surface area contributed by atoms with Crippen molar-refractivity contribution >= 4 is 23.4 Å². The fourth-order valence-electron chi connectivity index (χ4n) is 2.22. The Bertz CT molecular complexity index is 499. The number of hydrogen-bond donors (Lipinski definition) is 1. The van der Waals surface area contributed by atoms with E-state index in [1.807, 2.05) is 0 Å². The number of hydrogen-bond acceptors (Lipinski definition) is 3. The highest BCUT2D eigenvalue weighted by Crippen LogP contribution is 2.14. The number of rotatable bonds is 3. The average molecular weight is 297 g/mol. The molecule has 0 bridgehead atoms. The molecule has 0 aromatic heterocycles. The monoisotopic (exact) mass is 296 g/mol. The van der Waals surface area contributed by atoms with Crippen molar-refractivity contribution in [2.24, 2.45) is 0 Å². The van der Waals surface area contributed by atoms with Crippen LogP contribution in [0.25, 0.3) is 0 Å². The first-order valence-corrected chi connectivity index (χ1v) is 7.07. The van der Waals surface area contributed by atoms with Crippen LogP contribution in [0, 0.1) is 0 Å². The van der Waals surface area contributed by atoms with Gasteiger partial charge in [0, 0.05) is 44.0 Å². The quantitative estimate of drug-likeness (QED) is 0.856. The van der Waals surface area contributed by atoms with E-state index in [2.05, 4.69) is 0 Å². The molecule has 2 rings (SSSR count). The van der Waals surface area contributed by atoms with Crippen LogP contribution in [0.15, 0.2) is 24.3 Å². The van der Waals surface area contributed by atoms with E-state index in [-0.39, 0.29) is 17.6 Å². The summed E-state index contributed by atoms with van der Waals surface area (Å²) in [7, 11) is 0. The first-order chi connectivity index (χ1) is 9.61. The number of aromatic hydroxyl groups is 1. The SMILES string of the molecule is O=C(CCCl)N1CCN(C(=O)c2cccc(O)c2)CC1. The molecule has 1 saturated heterocycles. The zero-order valence-electron chi connectivity index (χ0n) is 11.1. The molecule has 1 heterocycles. The number of phenols is 1. The Morgan fingerprint density at radius 3 is 2.40 bits per heavy atom. The highest BCUT2D eigenvalue weighted by Gasteiger charge is 2.24. The summed E-state index contributed by atoms with van der Waals surface area (Å²) >= 11 is 5.55. The van der Waals surface area contributed by atoms with E-state index in [1.54, 1.807) is 21.9 Å². The summed E-state index contributed by atoms with van der Waals surface area (Å²) in [6.45, 7) is 2.06. The van der Waals surface area contributed by atoms with Gasteiger partial charge >= 0.3 is 0 Å². The van der Waals surface area contributed by atoms with Gasteiger partial charge in [0.05, 0.1) is 0 Å². The lowest BCUT2D eigenvalue weighted by Gasteiger charge is -2.34.